The Labute approximate surface area is 232 Å². The number of nitrogens with zero attached hydrogens (tertiary/aromatic N) is 2. The smallest absolute Gasteiger partial charge is 0.307 e. The average molecular weight is 519 g/mol. The monoisotopic (exact) mass is 518 g/mol. The molecule has 0 spiro atoms. The van der Waals surface area contributed by atoms with Gasteiger partial charge in [-0.1, -0.05) is 80.6 Å². The van der Waals surface area contributed by atoms with Gasteiger partial charge in [-0.2, -0.15) is 4.98 Å². The lowest BCUT2D eigenvalue weighted by Crippen LogP contribution is -2.14. The van der Waals surface area contributed by atoms with Gasteiger partial charge in [-0.15, -0.1) is 0 Å². The standard InChI is InChI=1S/C36H26N2O2/c1-36(2)29-13-7-6-12-27(29)28-21-18-24(22-30(28)36)33-34(38-31-14-8-9-15-32(31)40-35(38)37-33)23-16-19-26(20-17-23)39-25-10-4-3-5-11-25/h3-22H,1-2H3. The SMILES string of the molecule is CC1(C)c2ccccc2-c2ccc(-c3nc4oc5ccccc5n4c3-c3ccc(Oc4ccccc4)cc3)cc21. The number of hydrogen-bond acceptors (Lipinski definition) is 3. The van der Waals surface area contributed by atoms with Gasteiger partial charge >= 0.3 is 5.84 Å². The number of ether oxygens (including phenoxy) is 1. The predicted octanol–water partition coefficient (Wildman–Crippen LogP) is 9.51. The fourth-order valence-corrected chi connectivity index (χ4v) is 6.14. The minimum absolute atomic E-state index is 0.0932. The number of rotatable bonds is 4. The van der Waals surface area contributed by atoms with Crippen LogP contribution in [0.5, 0.6) is 11.5 Å². The van der Waals surface area contributed by atoms with Crippen LogP contribution in [-0.4, -0.2) is 9.38 Å². The van der Waals surface area contributed by atoms with Crippen LogP contribution in [0.25, 0.3) is 50.6 Å². The summed E-state index contributed by atoms with van der Waals surface area (Å²) in [5, 5.41) is 0. The van der Waals surface area contributed by atoms with Gasteiger partial charge in [-0.3, -0.25) is 4.40 Å². The van der Waals surface area contributed by atoms with Crippen LogP contribution in [0.1, 0.15) is 25.0 Å². The van der Waals surface area contributed by atoms with Crippen molar-refractivity contribution in [1.29, 1.82) is 0 Å². The van der Waals surface area contributed by atoms with E-state index < -0.39 is 0 Å². The molecule has 0 saturated carbocycles. The zero-order valence-electron chi connectivity index (χ0n) is 22.3. The molecule has 0 radical (unpaired) electrons. The van der Waals surface area contributed by atoms with Crippen LogP contribution in [0.2, 0.25) is 0 Å². The molecule has 0 aliphatic heterocycles. The molecule has 2 heterocycles. The van der Waals surface area contributed by atoms with Crippen LogP contribution < -0.4 is 4.74 Å². The Bertz CT molecular complexity index is 2050. The van der Waals surface area contributed by atoms with Gasteiger partial charge in [0.25, 0.3) is 0 Å². The summed E-state index contributed by atoms with van der Waals surface area (Å²) in [4.78, 5) is 5.07. The third kappa shape index (κ3) is 3.36. The molecule has 0 N–H and O–H groups in total. The van der Waals surface area contributed by atoms with Crippen molar-refractivity contribution in [2.75, 3.05) is 0 Å². The van der Waals surface area contributed by atoms with E-state index in [1.165, 1.54) is 22.3 Å². The Kier molecular flexibility index (Phi) is 4.83. The first-order chi connectivity index (χ1) is 19.6. The molecule has 0 bridgehead atoms. The summed E-state index contributed by atoms with van der Waals surface area (Å²) in [7, 11) is 0. The van der Waals surface area contributed by atoms with Crippen molar-refractivity contribution in [2.24, 2.45) is 0 Å². The highest BCUT2D eigenvalue weighted by Crippen LogP contribution is 2.50. The van der Waals surface area contributed by atoms with Crippen molar-refractivity contribution in [2.45, 2.75) is 19.3 Å². The average Bonchev–Trinajstić information content (AvgIpc) is 3.61. The predicted molar refractivity (Wildman–Crippen MR) is 160 cm³/mol. The summed E-state index contributed by atoms with van der Waals surface area (Å²) in [6.45, 7) is 4.61. The maximum absolute atomic E-state index is 6.23. The third-order valence-electron chi connectivity index (χ3n) is 8.12. The Morgan fingerprint density at radius 2 is 1.32 bits per heavy atom. The number of para-hydroxylation sites is 3. The molecule has 0 fully saturated rings. The highest BCUT2D eigenvalue weighted by Gasteiger charge is 2.35. The van der Waals surface area contributed by atoms with Crippen molar-refractivity contribution in [3.63, 3.8) is 0 Å². The minimum Gasteiger partial charge on any atom is -0.457 e. The van der Waals surface area contributed by atoms with Gasteiger partial charge < -0.3 is 9.15 Å². The highest BCUT2D eigenvalue weighted by molar-refractivity contribution is 5.90. The Morgan fingerprint density at radius 1 is 0.650 bits per heavy atom. The van der Waals surface area contributed by atoms with Gasteiger partial charge in [0.2, 0.25) is 0 Å². The summed E-state index contributed by atoms with van der Waals surface area (Å²) in [5.41, 5.74) is 11.0. The summed E-state index contributed by atoms with van der Waals surface area (Å²) in [6, 6.07) is 41.6. The number of benzene rings is 5. The lowest BCUT2D eigenvalue weighted by atomic mass is 9.82. The van der Waals surface area contributed by atoms with Gasteiger partial charge in [0, 0.05) is 16.5 Å². The van der Waals surface area contributed by atoms with E-state index in [4.69, 9.17) is 14.1 Å². The van der Waals surface area contributed by atoms with E-state index in [0.717, 1.165) is 45.1 Å². The zero-order valence-corrected chi connectivity index (χ0v) is 22.3. The molecule has 40 heavy (non-hydrogen) atoms. The van der Waals surface area contributed by atoms with Crippen LogP contribution in [0, 0.1) is 0 Å². The zero-order chi connectivity index (χ0) is 26.8. The number of oxazole rings is 1. The first-order valence-corrected chi connectivity index (χ1v) is 13.6. The van der Waals surface area contributed by atoms with Gasteiger partial charge in [0.1, 0.15) is 17.2 Å². The second-order valence-corrected chi connectivity index (χ2v) is 10.9. The molecule has 0 atom stereocenters. The number of hydrogen-bond donors (Lipinski definition) is 0. The molecule has 4 heteroatoms. The molecular formula is C36H26N2O2. The largest absolute Gasteiger partial charge is 0.457 e. The molecule has 1 aliphatic rings. The fraction of sp³-hybridized carbons (Fsp3) is 0.0833. The minimum atomic E-state index is -0.0932. The summed E-state index contributed by atoms with van der Waals surface area (Å²) in [5.74, 6) is 2.18. The molecule has 5 aromatic carbocycles. The second-order valence-electron chi connectivity index (χ2n) is 10.9. The molecule has 0 saturated heterocycles. The topological polar surface area (TPSA) is 39.7 Å². The van der Waals surface area contributed by atoms with E-state index in [1.54, 1.807) is 0 Å². The Balaban J connectivity index is 1.30. The highest BCUT2D eigenvalue weighted by atomic mass is 16.5. The van der Waals surface area contributed by atoms with E-state index in [-0.39, 0.29) is 5.41 Å². The summed E-state index contributed by atoms with van der Waals surface area (Å²) < 4.78 is 14.4. The van der Waals surface area contributed by atoms with Crippen molar-refractivity contribution in [3.05, 3.63) is 132 Å². The van der Waals surface area contributed by atoms with E-state index in [2.05, 4.69) is 78.9 Å². The second kappa shape index (κ2) is 8.45. The number of imidazole rings is 1. The van der Waals surface area contributed by atoms with Crippen molar-refractivity contribution in [3.8, 4) is 45.1 Å². The van der Waals surface area contributed by atoms with E-state index in [0.29, 0.717) is 5.84 Å². The fourth-order valence-electron chi connectivity index (χ4n) is 6.14. The molecule has 0 amide bonds. The molecule has 4 nitrogen and oxygen atoms in total. The lowest BCUT2D eigenvalue weighted by molar-refractivity contribution is 0.483. The van der Waals surface area contributed by atoms with Crippen LogP contribution >= 0.6 is 0 Å². The number of fused-ring (bicyclic) bond motifs is 6. The maximum atomic E-state index is 6.23. The van der Waals surface area contributed by atoms with Crippen molar-refractivity contribution >= 4 is 16.9 Å². The van der Waals surface area contributed by atoms with Crippen LogP contribution in [0.3, 0.4) is 0 Å². The quantitative estimate of drug-likeness (QED) is 0.233. The van der Waals surface area contributed by atoms with Crippen LogP contribution in [0.4, 0.5) is 0 Å². The number of aromatic nitrogens is 2. The molecule has 7 aromatic rings. The molecule has 2 aromatic heterocycles. The maximum Gasteiger partial charge on any atom is 0.307 e. The molecule has 192 valence electrons. The molecular weight excluding hydrogens is 492 g/mol. The van der Waals surface area contributed by atoms with Crippen molar-refractivity contribution in [1.82, 2.24) is 9.38 Å². The molecule has 1 aliphatic carbocycles. The first-order valence-electron chi connectivity index (χ1n) is 13.6. The lowest BCUT2D eigenvalue weighted by Gasteiger charge is -2.21. The molecule has 0 unspecified atom stereocenters. The van der Waals surface area contributed by atoms with Crippen LogP contribution in [-0.2, 0) is 5.41 Å². The van der Waals surface area contributed by atoms with Crippen molar-refractivity contribution < 1.29 is 9.15 Å². The third-order valence-corrected chi connectivity index (χ3v) is 8.12. The van der Waals surface area contributed by atoms with Gasteiger partial charge in [0.05, 0.1) is 11.2 Å². The van der Waals surface area contributed by atoms with Gasteiger partial charge in [-0.05, 0) is 76.9 Å². The molecule has 8 rings (SSSR count). The Morgan fingerprint density at radius 3 is 2.17 bits per heavy atom. The first kappa shape index (κ1) is 22.9. The Hall–Kier alpha value is -5.09. The summed E-state index contributed by atoms with van der Waals surface area (Å²) in [6.07, 6.45) is 0. The normalized spacial score (nSPS) is 13.4. The van der Waals surface area contributed by atoms with E-state index in [1.807, 2.05) is 60.7 Å². The van der Waals surface area contributed by atoms with Gasteiger partial charge in [-0.25, -0.2) is 0 Å². The van der Waals surface area contributed by atoms with Crippen LogP contribution in [0.15, 0.2) is 126 Å². The van der Waals surface area contributed by atoms with E-state index >= 15 is 0 Å². The van der Waals surface area contributed by atoms with Gasteiger partial charge in [0.15, 0.2) is 5.58 Å². The van der Waals surface area contributed by atoms with E-state index in [9.17, 15) is 0 Å². The summed E-state index contributed by atoms with van der Waals surface area (Å²) >= 11 is 0.